The lowest BCUT2D eigenvalue weighted by Crippen LogP contribution is -2.06. The molecule has 0 saturated carbocycles. The number of aromatic nitrogens is 3. The zero-order valence-corrected chi connectivity index (χ0v) is 18.2. The fourth-order valence-corrected chi connectivity index (χ4v) is 4.54. The van der Waals surface area contributed by atoms with E-state index in [-0.39, 0.29) is 21.2 Å². The van der Waals surface area contributed by atoms with Gasteiger partial charge in [-0.3, -0.25) is 0 Å². The van der Waals surface area contributed by atoms with Crippen LogP contribution in [0.1, 0.15) is 10.4 Å². The molecule has 0 atom stereocenters. The Labute approximate surface area is 188 Å². The van der Waals surface area contributed by atoms with Gasteiger partial charge in [-0.1, -0.05) is 28.9 Å². The molecule has 0 aliphatic rings. The first-order valence-electron chi connectivity index (χ1n) is 9.26. The lowest BCUT2D eigenvalue weighted by atomic mass is 10.1. The molecule has 1 N–H and O–H groups in total. The van der Waals surface area contributed by atoms with Gasteiger partial charge in [-0.25, -0.2) is 17.9 Å². The van der Waals surface area contributed by atoms with E-state index in [1.807, 2.05) is 0 Å². The molecule has 0 fully saturated rings. The monoisotopic (exact) mass is 469 g/mol. The van der Waals surface area contributed by atoms with E-state index >= 15 is 0 Å². The van der Waals surface area contributed by atoms with Gasteiger partial charge in [0.15, 0.2) is 0 Å². The first kappa shape index (κ1) is 21.5. The average Bonchev–Trinajstić information content (AvgIpc) is 3.26. The predicted molar refractivity (Wildman–Crippen MR) is 117 cm³/mol. The number of aromatic carboxylic acids is 1. The summed E-state index contributed by atoms with van der Waals surface area (Å²) in [5.41, 5.74) is 1.28. The minimum Gasteiger partial charge on any atom is -0.497 e. The summed E-state index contributed by atoms with van der Waals surface area (Å²) in [5.74, 6) is -0.556. The Kier molecular flexibility index (Phi) is 5.68. The number of nitrogens with zero attached hydrogens (tertiary/aromatic N) is 3. The van der Waals surface area contributed by atoms with Crippen LogP contribution in [-0.4, -0.2) is 41.6 Å². The number of carbonyl (C=O) groups is 1. The van der Waals surface area contributed by atoms with E-state index in [9.17, 15) is 13.2 Å². The van der Waals surface area contributed by atoms with Crippen LogP contribution in [0, 0.1) is 0 Å². The number of carboxylic acid groups (broad SMARTS) is 1. The van der Waals surface area contributed by atoms with E-state index in [2.05, 4.69) is 10.3 Å². The highest BCUT2D eigenvalue weighted by Gasteiger charge is 2.29. The van der Waals surface area contributed by atoms with Gasteiger partial charge in [-0.05, 0) is 60.7 Å². The van der Waals surface area contributed by atoms with Crippen LogP contribution in [0.5, 0.6) is 5.75 Å². The van der Waals surface area contributed by atoms with Crippen LogP contribution in [0.2, 0.25) is 5.02 Å². The summed E-state index contributed by atoms with van der Waals surface area (Å²) >= 11 is 6.01. The van der Waals surface area contributed by atoms with Gasteiger partial charge >= 0.3 is 5.97 Å². The Hall–Kier alpha value is -3.69. The molecule has 0 saturated heterocycles. The summed E-state index contributed by atoms with van der Waals surface area (Å²) in [4.78, 5) is 11.2. The predicted octanol–water partition coefficient (Wildman–Crippen LogP) is 4.13. The number of methoxy groups -OCH3 is 1. The van der Waals surface area contributed by atoms with Gasteiger partial charge in [-0.15, -0.1) is 5.10 Å². The maximum Gasteiger partial charge on any atom is 0.335 e. The van der Waals surface area contributed by atoms with E-state index in [1.54, 1.807) is 36.4 Å². The smallest absolute Gasteiger partial charge is 0.335 e. The van der Waals surface area contributed by atoms with Crippen molar-refractivity contribution in [2.45, 2.75) is 9.92 Å². The summed E-state index contributed by atoms with van der Waals surface area (Å²) in [5, 5.41) is 17.4. The first-order chi connectivity index (χ1) is 15.3. The second-order valence-corrected chi connectivity index (χ2v) is 8.99. The molecule has 4 rings (SSSR count). The molecule has 1 heterocycles. The maximum absolute atomic E-state index is 13.4. The van der Waals surface area contributed by atoms with Gasteiger partial charge in [0.2, 0.25) is 14.9 Å². The first-order valence-corrected chi connectivity index (χ1v) is 11.1. The van der Waals surface area contributed by atoms with Gasteiger partial charge in [0.05, 0.1) is 23.3 Å². The number of halogens is 1. The molecule has 32 heavy (non-hydrogen) atoms. The lowest BCUT2D eigenvalue weighted by molar-refractivity contribution is 0.0697. The Balaban J connectivity index is 1.91. The van der Waals surface area contributed by atoms with E-state index in [1.165, 1.54) is 48.2 Å². The molecule has 162 valence electrons. The van der Waals surface area contributed by atoms with Crippen molar-refractivity contribution in [1.29, 1.82) is 0 Å². The Morgan fingerprint density at radius 1 is 0.969 bits per heavy atom. The Bertz CT molecular complexity index is 1380. The van der Waals surface area contributed by atoms with Gasteiger partial charge in [0.1, 0.15) is 11.4 Å². The molecular formula is C22H16ClN3O5S. The molecule has 0 bridgehead atoms. The summed E-state index contributed by atoms with van der Waals surface area (Å²) in [7, 11) is -2.55. The summed E-state index contributed by atoms with van der Waals surface area (Å²) in [6, 6.07) is 18.4. The molecule has 1 aromatic heterocycles. The number of hydrogen-bond acceptors (Lipinski definition) is 6. The number of ether oxygens (including phenoxy) is 1. The third-order valence-electron chi connectivity index (χ3n) is 4.74. The largest absolute Gasteiger partial charge is 0.497 e. The van der Waals surface area contributed by atoms with Gasteiger partial charge < -0.3 is 9.84 Å². The highest BCUT2D eigenvalue weighted by molar-refractivity contribution is 7.91. The summed E-state index contributed by atoms with van der Waals surface area (Å²) < 4.78 is 33.3. The van der Waals surface area contributed by atoms with Gasteiger partial charge in [0, 0.05) is 10.6 Å². The van der Waals surface area contributed by atoms with Crippen molar-refractivity contribution in [3.63, 3.8) is 0 Å². The normalized spacial score (nSPS) is 11.3. The van der Waals surface area contributed by atoms with Crippen LogP contribution in [0.15, 0.2) is 82.7 Å². The molecule has 0 spiro atoms. The Morgan fingerprint density at radius 2 is 1.59 bits per heavy atom. The molecule has 0 amide bonds. The highest BCUT2D eigenvalue weighted by atomic mass is 35.5. The molecule has 0 unspecified atom stereocenters. The SMILES string of the molecule is COc1ccc(S(=O)(=O)c2nnn(-c3ccc(C(=O)O)cc3)c2-c2ccc(Cl)cc2)cc1. The van der Waals surface area contributed by atoms with Crippen LogP contribution in [0.25, 0.3) is 16.9 Å². The van der Waals surface area contributed by atoms with Crippen molar-refractivity contribution in [1.82, 2.24) is 15.0 Å². The molecule has 0 radical (unpaired) electrons. The van der Waals surface area contributed by atoms with Crippen molar-refractivity contribution in [2.24, 2.45) is 0 Å². The minimum absolute atomic E-state index is 0.0294. The van der Waals surface area contributed by atoms with E-state index in [4.69, 9.17) is 21.4 Å². The summed E-state index contributed by atoms with van der Waals surface area (Å²) in [6.45, 7) is 0. The quantitative estimate of drug-likeness (QED) is 0.452. The fourth-order valence-electron chi connectivity index (χ4n) is 3.10. The molecule has 3 aromatic carbocycles. The number of rotatable bonds is 6. The maximum atomic E-state index is 13.4. The lowest BCUT2D eigenvalue weighted by Gasteiger charge is -2.10. The van der Waals surface area contributed by atoms with Gasteiger partial charge in [0.25, 0.3) is 0 Å². The highest BCUT2D eigenvalue weighted by Crippen LogP contribution is 2.33. The Morgan fingerprint density at radius 3 is 2.16 bits per heavy atom. The second kappa shape index (κ2) is 8.45. The molecule has 10 heteroatoms. The number of hydrogen-bond donors (Lipinski definition) is 1. The molecule has 0 aliphatic carbocycles. The van der Waals surface area contributed by atoms with Crippen LogP contribution in [-0.2, 0) is 9.84 Å². The van der Waals surface area contributed by atoms with Crippen molar-refractivity contribution in [3.8, 4) is 22.7 Å². The standard InChI is InChI=1S/C22H16ClN3O5S/c1-31-18-10-12-19(13-11-18)32(29,30)21-20(14-2-6-16(23)7-3-14)26(25-24-21)17-8-4-15(5-9-17)22(27)28/h2-13H,1H3,(H,27,28). The van der Waals surface area contributed by atoms with Crippen molar-refractivity contribution >= 4 is 27.4 Å². The fraction of sp³-hybridized carbons (Fsp3) is 0.0455. The van der Waals surface area contributed by atoms with Crippen molar-refractivity contribution in [2.75, 3.05) is 7.11 Å². The number of benzene rings is 3. The van der Waals surface area contributed by atoms with Crippen LogP contribution < -0.4 is 4.74 Å². The topological polar surface area (TPSA) is 111 Å². The van der Waals surface area contributed by atoms with Crippen LogP contribution in [0.4, 0.5) is 0 Å². The zero-order valence-electron chi connectivity index (χ0n) is 16.6. The van der Waals surface area contributed by atoms with Crippen molar-refractivity contribution < 1.29 is 23.1 Å². The number of sulfone groups is 1. The van der Waals surface area contributed by atoms with Crippen LogP contribution >= 0.6 is 11.6 Å². The average molecular weight is 470 g/mol. The van der Waals surface area contributed by atoms with Crippen LogP contribution in [0.3, 0.4) is 0 Å². The van der Waals surface area contributed by atoms with E-state index < -0.39 is 15.8 Å². The molecule has 4 aromatic rings. The minimum atomic E-state index is -4.04. The molecule has 0 aliphatic heterocycles. The van der Waals surface area contributed by atoms with Crippen molar-refractivity contribution in [3.05, 3.63) is 83.4 Å². The third-order valence-corrected chi connectivity index (χ3v) is 6.67. The van der Waals surface area contributed by atoms with Gasteiger partial charge in [-0.2, -0.15) is 0 Å². The molecular weight excluding hydrogens is 454 g/mol. The second-order valence-electron chi connectivity index (χ2n) is 6.69. The molecule has 8 nitrogen and oxygen atoms in total. The number of carboxylic acids is 1. The summed E-state index contributed by atoms with van der Waals surface area (Å²) in [6.07, 6.45) is 0. The third kappa shape index (κ3) is 3.95. The van der Waals surface area contributed by atoms with E-state index in [0.29, 0.717) is 22.0 Å². The van der Waals surface area contributed by atoms with E-state index in [0.717, 1.165) is 0 Å². The zero-order chi connectivity index (χ0) is 22.9.